The Labute approximate surface area is 324 Å². The summed E-state index contributed by atoms with van der Waals surface area (Å²) in [4.78, 5) is 24.0. The Kier molecular flexibility index (Phi) is 37.0. The number of aliphatic hydroxyl groups excluding tert-OH is 3. The van der Waals surface area contributed by atoms with Crippen LogP contribution in [0.25, 0.3) is 0 Å². The average molecular weight is 743 g/mol. The van der Waals surface area contributed by atoms with E-state index in [2.05, 4.69) is 20.8 Å². The standard InChI is InChI=1S/C46H78O7/c1-4-5-25-33-42(47)35-28-23-24-29-36-43(48)34-27-20-17-18-22-31-38-46(51)53-40-44(49)39-52-45(50)37-30-21-16-14-12-10-8-6-7-9-11-13-15-19-26-32-41(2)3/h5,18,20,22-25,27-29,35-36,41-44,47-49H,4,6-17,19,21,26,30-34,37-40H2,1-3H3/b22-18-,24-23-,25-5-,27-20-,35-28+,36-29+/t42-,43+,44-/m1/s1. The zero-order valence-electron chi connectivity index (χ0n) is 33.9. The van der Waals surface area contributed by atoms with Gasteiger partial charge in [-0.15, -0.1) is 0 Å². The van der Waals surface area contributed by atoms with E-state index in [4.69, 9.17) is 9.47 Å². The van der Waals surface area contributed by atoms with Crippen LogP contribution in [0.3, 0.4) is 0 Å². The number of allylic oxidation sites excluding steroid dienone is 8. The summed E-state index contributed by atoms with van der Waals surface area (Å²) < 4.78 is 10.3. The van der Waals surface area contributed by atoms with Gasteiger partial charge in [0.15, 0.2) is 0 Å². The minimum atomic E-state index is -1.03. The lowest BCUT2D eigenvalue weighted by Crippen LogP contribution is -2.25. The fourth-order valence-corrected chi connectivity index (χ4v) is 5.59. The molecule has 0 amide bonds. The first-order valence-corrected chi connectivity index (χ1v) is 21.1. The molecule has 0 fully saturated rings. The molecule has 53 heavy (non-hydrogen) atoms. The van der Waals surface area contributed by atoms with Gasteiger partial charge in [0, 0.05) is 12.8 Å². The van der Waals surface area contributed by atoms with Crippen LogP contribution in [0.1, 0.15) is 168 Å². The van der Waals surface area contributed by atoms with E-state index in [1.54, 1.807) is 24.3 Å². The number of carbonyl (C=O) groups excluding carboxylic acids is 2. The third-order valence-corrected chi connectivity index (χ3v) is 8.81. The molecule has 0 aromatic carbocycles. The number of rotatable bonds is 36. The highest BCUT2D eigenvalue weighted by Crippen LogP contribution is 2.15. The Morgan fingerprint density at radius 1 is 0.528 bits per heavy atom. The van der Waals surface area contributed by atoms with Crippen molar-refractivity contribution < 1.29 is 34.4 Å². The number of carbonyl (C=O) groups is 2. The summed E-state index contributed by atoms with van der Waals surface area (Å²) in [5.74, 6) is 0.117. The Bertz CT molecular complexity index is 1020. The van der Waals surface area contributed by atoms with Crippen LogP contribution >= 0.6 is 0 Å². The molecular formula is C46H78O7. The van der Waals surface area contributed by atoms with Crippen molar-refractivity contribution in [2.45, 2.75) is 187 Å². The largest absolute Gasteiger partial charge is 0.463 e. The normalized spacial score (nSPS) is 14.2. The molecule has 0 aliphatic carbocycles. The highest BCUT2D eigenvalue weighted by Gasteiger charge is 2.12. The van der Waals surface area contributed by atoms with Crippen molar-refractivity contribution in [1.29, 1.82) is 0 Å². The maximum absolute atomic E-state index is 12.0. The van der Waals surface area contributed by atoms with Gasteiger partial charge in [-0.25, -0.2) is 0 Å². The van der Waals surface area contributed by atoms with E-state index in [0.717, 1.165) is 31.6 Å². The fourth-order valence-electron chi connectivity index (χ4n) is 5.59. The van der Waals surface area contributed by atoms with E-state index in [1.165, 1.54) is 83.5 Å². The molecule has 0 unspecified atom stereocenters. The minimum absolute atomic E-state index is 0.169. The molecule has 0 aromatic rings. The van der Waals surface area contributed by atoms with Crippen LogP contribution in [0.15, 0.2) is 72.9 Å². The van der Waals surface area contributed by atoms with Crippen LogP contribution < -0.4 is 0 Å². The second-order valence-electron chi connectivity index (χ2n) is 14.6. The summed E-state index contributed by atoms with van der Waals surface area (Å²) in [5.41, 5.74) is 0. The summed E-state index contributed by atoms with van der Waals surface area (Å²) in [6, 6.07) is 0. The lowest BCUT2D eigenvalue weighted by atomic mass is 10.0. The lowest BCUT2D eigenvalue weighted by molar-refractivity contribution is -0.152. The summed E-state index contributed by atoms with van der Waals surface area (Å²) in [5, 5.41) is 29.9. The van der Waals surface area contributed by atoms with Gasteiger partial charge in [0.05, 0.1) is 12.2 Å². The van der Waals surface area contributed by atoms with Crippen molar-refractivity contribution in [3.05, 3.63) is 72.9 Å². The van der Waals surface area contributed by atoms with Gasteiger partial charge in [0.2, 0.25) is 0 Å². The highest BCUT2D eigenvalue weighted by atomic mass is 16.6. The molecule has 0 radical (unpaired) electrons. The maximum atomic E-state index is 12.0. The van der Waals surface area contributed by atoms with Crippen molar-refractivity contribution in [3.63, 3.8) is 0 Å². The van der Waals surface area contributed by atoms with Crippen molar-refractivity contribution >= 4 is 11.9 Å². The molecule has 0 spiro atoms. The van der Waals surface area contributed by atoms with E-state index >= 15 is 0 Å². The Hall–Kier alpha value is -2.74. The SMILES string of the molecule is CC/C=C\C[C@@H](O)/C=C/C=C\C=C\[C@@H](O)C/C=C\C/C=C\CCC(=O)OC[C@H](O)COC(=O)CCCCCCCCCCCCCCCCCC(C)C. The van der Waals surface area contributed by atoms with Gasteiger partial charge in [-0.05, 0) is 44.4 Å². The average Bonchev–Trinajstić information content (AvgIpc) is 3.13. The van der Waals surface area contributed by atoms with Crippen LogP contribution in [0.2, 0.25) is 0 Å². The smallest absolute Gasteiger partial charge is 0.306 e. The van der Waals surface area contributed by atoms with Crippen LogP contribution in [0.5, 0.6) is 0 Å². The number of hydrogen-bond acceptors (Lipinski definition) is 7. The fraction of sp³-hybridized carbons (Fsp3) is 0.696. The third-order valence-electron chi connectivity index (χ3n) is 8.81. The Morgan fingerprint density at radius 2 is 0.962 bits per heavy atom. The molecule has 0 aliphatic heterocycles. The van der Waals surface area contributed by atoms with Crippen molar-refractivity contribution in [1.82, 2.24) is 0 Å². The Balaban J connectivity index is 3.67. The van der Waals surface area contributed by atoms with Crippen LogP contribution in [-0.2, 0) is 19.1 Å². The molecule has 7 nitrogen and oxygen atoms in total. The van der Waals surface area contributed by atoms with E-state index < -0.39 is 24.3 Å². The van der Waals surface area contributed by atoms with Crippen LogP contribution in [-0.4, -0.2) is 58.8 Å². The first-order chi connectivity index (χ1) is 25.7. The first-order valence-electron chi connectivity index (χ1n) is 21.1. The van der Waals surface area contributed by atoms with E-state index in [9.17, 15) is 24.9 Å². The summed E-state index contributed by atoms with van der Waals surface area (Å²) >= 11 is 0. The molecule has 0 aromatic heterocycles. The third kappa shape index (κ3) is 40.3. The molecule has 0 heterocycles. The van der Waals surface area contributed by atoms with E-state index in [-0.39, 0.29) is 25.6 Å². The topological polar surface area (TPSA) is 113 Å². The predicted molar refractivity (Wildman–Crippen MR) is 221 cm³/mol. The molecule has 0 rings (SSSR count). The van der Waals surface area contributed by atoms with Gasteiger partial charge >= 0.3 is 11.9 Å². The summed E-state index contributed by atoms with van der Waals surface area (Å²) in [6.07, 6.45) is 44.7. The zero-order valence-corrected chi connectivity index (χ0v) is 33.9. The molecule has 0 saturated carbocycles. The molecule has 3 atom stereocenters. The molecule has 304 valence electrons. The van der Waals surface area contributed by atoms with Crippen molar-refractivity contribution in [2.24, 2.45) is 5.92 Å². The molecular weight excluding hydrogens is 664 g/mol. The summed E-state index contributed by atoms with van der Waals surface area (Å²) in [7, 11) is 0. The molecule has 7 heteroatoms. The minimum Gasteiger partial charge on any atom is -0.463 e. The van der Waals surface area contributed by atoms with Gasteiger partial charge in [-0.2, -0.15) is 0 Å². The maximum Gasteiger partial charge on any atom is 0.306 e. The Morgan fingerprint density at radius 3 is 1.45 bits per heavy atom. The van der Waals surface area contributed by atoms with Crippen molar-refractivity contribution in [3.8, 4) is 0 Å². The quantitative estimate of drug-likeness (QED) is 0.0253. The number of ether oxygens (including phenoxy) is 2. The second kappa shape index (κ2) is 39.0. The van der Waals surface area contributed by atoms with Crippen LogP contribution in [0, 0.1) is 5.92 Å². The van der Waals surface area contributed by atoms with E-state index in [0.29, 0.717) is 32.1 Å². The zero-order chi connectivity index (χ0) is 39.0. The lowest BCUT2D eigenvalue weighted by Gasteiger charge is -2.12. The number of unbranched alkanes of at least 4 members (excludes halogenated alkanes) is 14. The number of aliphatic hydroxyl groups is 3. The predicted octanol–water partition coefficient (Wildman–Crippen LogP) is 11.1. The van der Waals surface area contributed by atoms with Gasteiger partial charge < -0.3 is 24.8 Å². The van der Waals surface area contributed by atoms with Gasteiger partial charge in [0.1, 0.15) is 19.3 Å². The first kappa shape index (κ1) is 50.3. The number of esters is 2. The van der Waals surface area contributed by atoms with Gasteiger partial charge in [-0.1, -0.05) is 190 Å². The molecule has 0 aliphatic rings. The second-order valence-corrected chi connectivity index (χ2v) is 14.6. The van der Waals surface area contributed by atoms with Gasteiger partial charge in [-0.3, -0.25) is 9.59 Å². The highest BCUT2D eigenvalue weighted by molar-refractivity contribution is 5.70. The number of hydrogen-bond donors (Lipinski definition) is 3. The molecule has 0 bridgehead atoms. The summed E-state index contributed by atoms with van der Waals surface area (Å²) in [6.45, 7) is 6.31. The van der Waals surface area contributed by atoms with Crippen LogP contribution in [0.4, 0.5) is 0 Å². The van der Waals surface area contributed by atoms with Gasteiger partial charge in [0.25, 0.3) is 0 Å². The van der Waals surface area contributed by atoms with Crippen molar-refractivity contribution in [2.75, 3.05) is 13.2 Å². The molecule has 0 saturated heterocycles. The van der Waals surface area contributed by atoms with E-state index in [1.807, 2.05) is 48.6 Å². The molecule has 3 N–H and O–H groups in total. The monoisotopic (exact) mass is 743 g/mol.